The molecule has 2 amide bonds. The van der Waals surface area contributed by atoms with E-state index in [9.17, 15) is 9.59 Å². The maximum absolute atomic E-state index is 12.8. The van der Waals surface area contributed by atoms with Crippen molar-refractivity contribution in [1.82, 2.24) is 9.80 Å². The Morgan fingerprint density at radius 3 is 2.15 bits per heavy atom. The molecule has 1 unspecified atom stereocenters. The van der Waals surface area contributed by atoms with E-state index < -0.39 is 0 Å². The van der Waals surface area contributed by atoms with Gasteiger partial charge in [0.25, 0.3) is 5.91 Å². The number of rotatable bonds is 7. The van der Waals surface area contributed by atoms with Crippen LogP contribution < -0.4 is 0 Å². The van der Waals surface area contributed by atoms with E-state index in [1.807, 2.05) is 67.3 Å². The smallest absolute Gasteiger partial charge is 0.253 e. The second-order valence-corrected chi connectivity index (χ2v) is 8.79. The molecule has 0 saturated carbocycles. The van der Waals surface area contributed by atoms with Crippen LogP contribution in [0.1, 0.15) is 29.8 Å². The summed E-state index contributed by atoms with van der Waals surface area (Å²) >= 11 is 4.99. The molecule has 0 radical (unpaired) electrons. The van der Waals surface area contributed by atoms with Gasteiger partial charge in [0.2, 0.25) is 5.91 Å². The van der Waals surface area contributed by atoms with E-state index in [0.717, 1.165) is 14.9 Å². The highest BCUT2D eigenvalue weighted by Gasteiger charge is 2.20. The lowest BCUT2D eigenvalue weighted by molar-refractivity contribution is -0.130. The van der Waals surface area contributed by atoms with Gasteiger partial charge in [0.05, 0.1) is 5.25 Å². The normalized spacial score (nSPS) is 11.7. The van der Waals surface area contributed by atoms with E-state index in [1.54, 1.807) is 30.8 Å². The molecule has 0 N–H and O–H groups in total. The summed E-state index contributed by atoms with van der Waals surface area (Å²) in [6.45, 7) is 5.11. The van der Waals surface area contributed by atoms with Gasteiger partial charge >= 0.3 is 0 Å². The average molecular weight is 449 g/mol. The number of carbonyl (C=O) groups is 2. The molecule has 144 valence electrons. The predicted octanol–water partition coefficient (Wildman–Crippen LogP) is 4.68. The maximum Gasteiger partial charge on any atom is 0.253 e. The number of hydrogen-bond donors (Lipinski definition) is 0. The number of hydrogen-bond acceptors (Lipinski definition) is 3. The Kier molecular flexibility index (Phi) is 7.92. The summed E-state index contributed by atoms with van der Waals surface area (Å²) in [4.78, 5) is 29.3. The minimum Gasteiger partial charge on any atom is -0.345 e. The zero-order valence-corrected chi connectivity index (χ0v) is 18.5. The molecule has 27 heavy (non-hydrogen) atoms. The van der Waals surface area contributed by atoms with Gasteiger partial charge in [-0.3, -0.25) is 9.59 Å². The van der Waals surface area contributed by atoms with Crippen LogP contribution in [0.25, 0.3) is 0 Å². The second-order valence-electron chi connectivity index (χ2n) is 6.46. The van der Waals surface area contributed by atoms with Crippen molar-refractivity contribution in [3.05, 3.63) is 64.1 Å². The third kappa shape index (κ3) is 6.11. The van der Waals surface area contributed by atoms with Crippen molar-refractivity contribution in [3.8, 4) is 0 Å². The van der Waals surface area contributed by atoms with Crippen molar-refractivity contribution in [1.29, 1.82) is 0 Å². The fourth-order valence-corrected chi connectivity index (χ4v) is 3.82. The van der Waals surface area contributed by atoms with Gasteiger partial charge < -0.3 is 9.80 Å². The first-order valence-electron chi connectivity index (χ1n) is 8.83. The van der Waals surface area contributed by atoms with Gasteiger partial charge in [0.15, 0.2) is 0 Å². The molecule has 0 fully saturated rings. The molecule has 0 aliphatic carbocycles. The molecule has 2 aromatic carbocycles. The first-order valence-corrected chi connectivity index (χ1v) is 10.5. The standard InChI is InChI=1S/C21H25BrN2O2S/c1-5-24(14-16-6-8-17(9-7-16)21(26)23(3)4)20(25)15(2)27-19-12-10-18(22)11-13-19/h6-13,15H,5,14H2,1-4H3. The van der Waals surface area contributed by atoms with Gasteiger partial charge in [-0.2, -0.15) is 0 Å². The molecule has 0 saturated heterocycles. The van der Waals surface area contributed by atoms with E-state index in [0.29, 0.717) is 18.7 Å². The van der Waals surface area contributed by atoms with E-state index in [2.05, 4.69) is 15.9 Å². The van der Waals surface area contributed by atoms with Crippen LogP contribution in [0.2, 0.25) is 0 Å². The molecule has 0 heterocycles. The zero-order valence-electron chi connectivity index (χ0n) is 16.1. The highest BCUT2D eigenvalue weighted by molar-refractivity contribution is 9.10. The Morgan fingerprint density at radius 1 is 1.04 bits per heavy atom. The monoisotopic (exact) mass is 448 g/mol. The van der Waals surface area contributed by atoms with E-state index in [-0.39, 0.29) is 17.1 Å². The van der Waals surface area contributed by atoms with Gasteiger partial charge in [-0.25, -0.2) is 0 Å². The first kappa shape index (κ1) is 21.5. The van der Waals surface area contributed by atoms with Crippen molar-refractivity contribution >= 4 is 39.5 Å². The van der Waals surface area contributed by atoms with Crippen LogP contribution in [-0.2, 0) is 11.3 Å². The van der Waals surface area contributed by atoms with E-state index >= 15 is 0 Å². The van der Waals surface area contributed by atoms with Crippen molar-refractivity contribution in [2.75, 3.05) is 20.6 Å². The van der Waals surface area contributed by atoms with Gasteiger partial charge in [0, 0.05) is 42.1 Å². The third-order valence-electron chi connectivity index (χ3n) is 4.15. The molecule has 2 aromatic rings. The number of halogens is 1. The van der Waals surface area contributed by atoms with Crippen molar-refractivity contribution < 1.29 is 9.59 Å². The highest BCUT2D eigenvalue weighted by Crippen LogP contribution is 2.26. The van der Waals surface area contributed by atoms with Crippen LogP contribution in [0.5, 0.6) is 0 Å². The summed E-state index contributed by atoms with van der Waals surface area (Å²) in [6.07, 6.45) is 0. The first-order chi connectivity index (χ1) is 12.8. The summed E-state index contributed by atoms with van der Waals surface area (Å²) in [5.41, 5.74) is 1.67. The molecule has 6 heteroatoms. The fourth-order valence-electron chi connectivity index (χ4n) is 2.60. The highest BCUT2D eigenvalue weighted by atomic mass is 79.9. The summed E-state index contributed by atoms with van der Waals surface area (Å²) in [7, 11) is 3.47. The predicted molar refractivity (Wildman–Crippen MR) is 115 cm³/mol. The zero-order chi connectivity index (χ0) is 20.0. The maximum atomic E-state index is 12.8. The van der Waals surface area contributed by atoms with Crippen LogP contribution in [0.3, 0.4) is 0 Å². The van der Waals surface area contributed by atoms with Crippen molar-refractivity contribution in [2.24, 2.45) is 0 Å². The SMILES string of the molecule is CCN(Cc1ccc(C(=O)N(C)C)cc1)C(=O)C(C)Sc1ccc(Br)cc1. The van der Waals surface area contributed by atoms with Crippen LogP contribution in [0, 0.1) is 0 Å². The minimum absolute atomic E-state index is 0.0236. The number of nitrogens with zero attached hydrogens (tertiary/aromatic N) is 2. The van der Waals surface area contributed by atoms with Crippen molar-refractivity contribution in [2.45, 2.75) is 30.5 Å². The summed E-state index contributed by atoms with van der Waals surface area (Å²) in [6, 6.07) is 15.4. The van der Waals surface area contributed by atoms with Gasteiger partial charge in [0.1, 0.15) is 0 Å². The molecule has 0 aliphatic heterocycles. The van der Waals surface area contributed by atoms with E-state index in [1.165, 1.54) is 0 Å². The molecule has 2 rings (SSSR count). The molecule has 1 atom stereocenters. The average Bonchev–Trinajstić information content (AvgIpc) is 2.67. The van der Waals surface area contributed by atoms with Gasteiger partial charge in [-0.05, 0) is 55.8 Å². The Morgan fingerprint density at radius 2 is 1.63 bits per heavy atom. The lowest BCUT2D eigenvalue weighted by Gasteiger charge is -2.24. The Bertz CT molecular complexity index is 776. The second kappa shape index (κ2) is 9.95. The van der Waals surface area contributed by atoms with Crippen molar-refractivity contribution in [3.63, 3.8) is 0 Å². The molecular weight excluding hydrogens is 424 g/mol. The van der Waals surface area contributed by atoms with Crippen LogP contribution >= 0.6 is 27.7 Å². The summed E-state index contributed by atoms with van der Waals surface area (Å²) in [5.74, 6) is 0.0864. The molecule has 0 aliphatic rings. The van der Waals surface area contributed by atoms with Gasteiger partial charge in [-0.15, -0.1) is 11.8 Å². The topological polar surface area (TPSA) is 40.6 Å². The number of carbonyl (C=O) groups excluding carboxylic acids is 2. The molecule has 0 aromatic heterocycles. The fraction of sp³-hybridized carbons (Fsp3) is 0.333. The van der Waals surface area contributed by atoms with Crippen LogP contribution in [0.15, 0.2) is 57.9 Å². The van der Waals surface area contributed by atoms with Crippen LogP contribution in [0.4, 0.5) is 0 Å². The lowest BCUT2D eigenvalue weighted by Crippen LogP contribution is -2.36. The lowest BCUT2D eigenvalue weighted by atomic mass is 10.1. The minimum atomic E-state index is -0.166. The Balaban J connectivity index is 2.01. The number of benzene rings is 2. The number of thioether (sulfide) groups is 1. The largest absolute Gasteiger partial charge is 0.345 e. The Labute approximate surface area is 174 Å². The molecular formula is C21H25BrN2O2S. The number of amides is 2. The van der Waals surface area contributed by atoms with Gasteiger partial charge in [-0.1, -0.05) is 28.1 Å². The quantitative estimate of drug-likeness (QED) is 0.577. The summed E-state index contributed by atoms with van der Waals surface area (Å²) < 4.78 is 1.03. The Hall–Kier alpha value is -1.79. The molecule has 0 bridgehead atoms. The van der Waals surface area contributed by atoms with Crippen LogP contribution in [-0.4, -0.2) is 47.5 Å². The third-order valence-corrected chi connectivity index (χ3v) is 5.78. The molecule has 0 spiro atoms. The molecule has 4 nitrogen and oxygen atoms in total. The van der Waals surface area contributed by atoms with E-state index in [4.69, 9.17) is 0 Å². The summed E-state index contributed by atoms with van der Waals surface area (Å²) in [5, 5.41) is -0.166.